The molecule has 2 amide bonds. The number of amides is 2. The van der Waals surface area contributed by atoms with Gasteiger partial charge in [-0.3, -0.25) is 0 Å². The van der Waals surface area contributed by atoms with E-state index >= 15 is 0 Å². The molecule has 0 unspecified atom stereocenters. The van der Waals surface area contributed by atoms with Gasteiger partial charge in [0, 0.05) is 23.2 Å². The molecule has 0 saturated heterocycles. The lowest BCUT2D eigenvalue weighted by Gasteiger charge is -2.26. The third-order valence-electron chi connectivity index (χ3n) is 3.26. The minimum atomic E-state index is -1.04. The van der Waals surface area contributed by atoms with Gasteiger partial charge in [-0.1, -0.05) is 13.8 Å². The van der Waals surface area contributed by atoms with E-state index in [1.54, 1.807) is 24.1 Å². The summed E-state index contributed by atoms with van der Waals surface area (Å²) in [4.78, 5) is 24.8. The topological polar surface area (TPSA) is 69.6 Å². The maximum absolute atomic E-state index is 12.1. The fourth-order valence-electron chi connectivity index (χ4n) is 1.98. The van der Waals surface area contributed by atoms with E-state index in [0.717, 1.165) is 12.8 Å². The van der Waals surface area contributed by atoms with Gasteiger partial charge in [-0.15, -0.1) is 0 Å². The molecule has 0 aromatic heterocycles. The minimum Gasteiger partial charge on any atom is -0.478 e. The molecule has 5 nitrogen and oxygen atoms in total. The average Bonchev–Trinajstić information content (AvgIpc) is 2.41. The molecule has 110 valence electrons. The SMILES string of the molecule is CCC(CC)N(C)C(=O)Nc1ccc(Br)c(C(=O)O)c1. The van der Waals surface area contributed by atoms with Crippen molar-refractivity contribution in [2.75, 3.05) is 12.4 Å². The highest BCUT2D eigenvalue weighted by Crippen LogP contribution is 2.21. The number of hydrogen-bond donors (Lipinski definition) is 2. The minimum absolute atomic E-state index is 0.119. The summed E-state index contributed by atoms with van der Waals surface area (Å²) in [5.74, 6) is -1.04. The fourth-order valence-corrected chi connectivity index (χ4v) is 2.40. The normalized spacial score (nSPS) is 10.4. The highest BCUT2D eigenvalue weighted by atomic mass is 79.9. The van der Waals surface area contributed by atoms with Crippen molar-refractivity contribution in [2.24, 2.45) is 0 Å². The summed E-state index contributed by atoms with van der Waals surface area (Å²) < 4.78 is 0.483. The Balaban J connectivity index is 2.86. The summed E-state index contributed by atoms with van der Waals surface area (Å²) in [5, 5.41) is 11.8. The average molecular weight is 343 g/mol. The molecule has 1 rings (SSSR count). The maximum atomic E-state index is 12.1. The summed E-state index contributed by atoms with van der Waals surface area (Å²) in [7, 11) is 1.74. The number of anilines is 1. The van der Waals surface area contributed by atoms with Gasteiger partial charge in [-0.25, -0.2) is 9.59 Å². The number of carboxylic acid groups (broad SMARTS) is 1. The lowest BCUT2D eigenvalue weighted by atomic mass is 10.1. The quantitative estimate of drug-likeness (QED) is 0.854. The van der Waals surface area contributed by atoms with Crippen LogP contribution in [-0.4, -0.2) is 35.1 Å². The van der Waals surface area contributed by atoms with Crippen LogP contribution in [0.15, 0.2) is 22.7 Å². The number of hydrogen-bond acceptors (Lipinski definition) is 2. The summed E-state index contributed by atoms with van der Waals surface area (Å²) >= 11 is 3.17. The van der Waals surface area contributed by atoms with Crippen LogP contribution in [0.2, 0.25) is 0 Å². The summed E-state index contributed by atoms with van der Waals surface area (Å²) in [6.45, 7) is 4.06. The van der Waals surface area contributed by atoms with Gasteiger partial charge in [-0.2, -0.15) is 0 Å². The molecule has 20 heavy (non-hydrogen) atoms. The van der Waals surface area contributed by atoms with Crippen molar-refractivity contribution >= 4 is 33.6 Å². The Morgan fingerprint density at radius 2 is 1.95 bits per heavy atom. The lowest BCUT2D eigenvalue weighted by Crippen LogP contribution is -2.39. The van der Waals surface area contributed by atoms with Crippen molar-refractivity contribution in [3.05, 3.63) is 28.2 Å². The first-order chi connectivity index (χ1) is 9.40. The van der Waals surface area contributed by atoms with Gasteiger partial charge >= 0.3 is 12.0 Å². The van der Waals surface area contributed by atoms with Crippen LogP contribution in [0.5, 0.6) is 0 Å². The zero-order valence-corrected chi connectivity index (χ0v) is 13.4. The number of urea groups is 1. The fraction of sp³-hybridized carbons (Fsp3) is 0.429. The van der Waals surface area contributed by atoms with Crippen LogP contribution in [0.4, 0.5) is 10.5 Å². The Morgan fingerprint density at radius 1 is 1.35 bits per heavy atom. The van der Waals surface area contributed by atoms with Crippen molar-refractivity contribution in [3.63, 3.8) is 0 Å². The molecule has 0 radical (unpaired) electrons. The van der Waals surface area contributed by atoms with Gasteiger partial charge in [0.15, 0.2) is 0 Å². The molecule has 2 N–H and O–H groups in total. The van der Waals surface area contributed by atoms with E-state index in [2.05, 4.69) is 21.2 Å². The van der Waals surface area contributed by atoms with Gasteiger partial charge in [0.25, 0.3) is 0 Å². The zero-order chi connectivity index (χ0) is 15.3. The Kier molecular flexibility index (Phi) is 6.01. The largest absolute Gasteiger partial charge is 0.478 e. The number of halogens is 1. The van der Waals surface area contributed by atoms with E-state index in [0.29, 0.717) is 10.2 Å². The van der Waals surface area contributed by atoms with Crippen LogP contribution in [0.25, 0.3) is 0 Å². The smallest absolute Gasteiger partial charge is 0.336 e. The van der Waals surface area contributed by atoms with Gasteiger partial charge in [0.2, 0.25) is 0 Å². The zero-order valence-electron chi connectivity index (χ0n) is 11.8. The van der Waals surface area contributed by atoms with Gasteiger partial charge in [-0.05, 0) is 47.0 Å². The van der Waals surface area contributed by atoms with E-state index in [1.807, 2.05) is 13.8 Å². The van der Waals surface area contributed by atoms with Crippen LogP contribution < -0.4 is 5.32 Å². The van der Waals surface area contributed by atoms with E-state index in [9.17, 15) is 9.59 Å². The maximum Gasteiger partial charge on any atom is 0.336 e. The van der Waals surface area contributed by atoms with Crippen molar-refractivity contribution in [2.45, 2.75) is 32.7 Å². The molecule has 6 heteroatoms. The van der Waals surface area contributed by atoms with Gasteiger partial charge in [0.05, 0.1) is 5.56 Å². The molecule has 0 bridgehead atoms. The lowest BCUT2D eigenvalue weighted by molar-refractivity contribution is 0.0696. The Morgan fingerprint density at radius 3 is 2.45 bits per heavy atom. The molecule has 0 aliphatic heterocycles. The van der Waals surface area contributed by atoms with Crippen LogP contribution >= 0.6 is 15.9 Å². The second kappa shape index (κ2) is 7.28. The van der Waals surface area contributed by atoms with Crippen molar-refractivity contribution in [1.29, 1.82) is 0 Å². The van der Waals surface area contributed by atoms with E-state index in [4.69, 9.17) is 5.11 Å². The number of carbonyl (C=O) groups excluding carboxylic acids is 1. The number of nitrogens with one attached hydrogen (secondary N) is 1. The second-order valence-electron chi connectivity index (χ2n) is 4.51. The van der Waals surface area contributed by atoms with Crippen LogP contribution in [0, 0.1) is 0 Å². The molecule has 0 aliphatic rings. The Labute approximate surface area is 127 Å². The van der Waals surface area contributed by atoms with Gasteiger partial charge < -0.3 is 15.3 Å². The molecule has 0 atom stereocenters. The predicted octanol–water partition coefficient (Wildman–Crippen LogP) is 3.80. The molecule has 0 saturated carbocycles. The number of nitrogens with zero attached hydrogens (tertiary/aromatic N) is 1. The second-order valence-corrected chi connectivity index (χ2v) is 5.37. The Bertz CT molecular complexity index is 501. The molecule has 0 heterocycles. The first-order valence-electron chi connectivity index (χ1n) is 6.47. The highest BCUT2D eigenvalue weighted by Gasteiger charge is 2.17. The third-order valence-corrected chi connectivity index (χ3v) is 3.95. The van der Waals surface area contributed by atoms with Crippen LogP contribution in [0.3, 0.4) is 0 Å². The number of carboxylic acids is 1. The van der Waals surface area contributed by atoms with Crippen molar-refractivity contribution in [1.82, 2.24) is 4.90 Å². The summed E-state index contributed by atoms with van der Waals surface area (Å²) in [6.07, 6.45) is 1.75. The molecule has 0 spiro atoms. The third kappa shape index (κ3) is 3.96. The van der Waals surface area contributed by atoms with E-state index < -0.39 is 5.97 Å². The molecule has 1 aromatic rings. The van der Waals surface area contributed by atoms with Crippen LogP contribution in [0.1, 0.15) is 37.0 Å². The number of rotatable bonds is 5. The number of carbonyl (C=O) groups is 2. The van der Waals surface area contributed by atoms with E-state index in [-0.39, 0.29) is 17.6 Å². The molecule has 0 fully saturated rings. The predicted molar refractivity (Wildman–Crippen MR) is 82.3 cm³/mol. The molecule has 1 aromatic carbocycles. The van der Waals surface area contributed by atoms with Crippen molar-refractivity contribution in [3.8, 4) is 0 Å². The first-order valence-corrected chi connectivity index (χ1v) is 7.26. The Hall–Kier alpha value is -1.56. The molecule has 0 aliphatic carbocycles. The first kappa shape index (κ1) is 16.5. The summed E-state index contributed by atoms with van der Waals surface area (Å²) in [6, 6.07) is 4.64. The molecular weight excluding hydrogens is 324 g/mol. The van der Waals surface area contributed by atoms with Gasteiger partial charge in [0.1, 0.15) is 0 Å². The van der Waals surface area contributed by atoms with E-state index in [1.165, 1.54) is 6.07 Å². The monoisotopic (exact) mass is 342 g/mol. The number of aromatic carboxylic acids is 1. The standard InChI is InChI=1S/C14H19BrN2O3/c1-4-10(5-2)17(3)14(20)16-9-6-7-12(15)11(8-9)13(18)19/h6-8,10H,4-5H2,1-3H3,(H,16,20)(H,18,19). The highest BCUT2D eigenvalue weighted by molar-refractivity contribution is 9.10. The summed E-state index contributed by atoms with van der Waals surface area (Å²) in [5.41, 5.74) is 0.585. The number of benzene rings is 1. The molecular formula is C14H19BrN2O3. The van der Waals surface area contributed by atoms with Crippen LogP contribution in [-0.2, 0) is 0 Å². The van der Waals surface area contributed by atoms with Crippen molar-refractivity contribution < 1.29 is 14.7 Å².